The van der Waals surface area contributed by atoms with Crippen LogP contribution in [0.15, 0.2) is 0 Å². The first-order valence-electron chi connectivity index (χ1n) is 10.8. The van der Waals surface area contributed by atoms with E-state index in [1.54, 1.807) is 0 Å². The van der Waals surface area contributed by atoms with Crippen molar-refractivity contribution in [2.75, 3.05) is 39.5 Å². The molecule has 0 atom stereocenters. The maximum absolute atomic E-state index is 11.7. The van der Waals surface area contributed by atoms with E-state index in [4.69, 9.17) is 9.47 Å². The van der Waals surface area contributed by atoms with Crippen molar-refractivity contribution in [2.45, 2.75) is 90.4 Å². The van der Waals surface area contributed by atoms with E-state index in [0.29, 0.717) is 13.0 Å². The highest BCUT2D eigenvalue weighted by atomic mass is 16.5. The number of carbonyl (C=O) groups is 1. The fourth-order valence-electron chi connectivity index (χ4n) is 3.28. The second-order valence-electron chi connectivity index (χ2n) is 7.31. The molecule has 1 rings (SSSR count). The molecule has 0 aliphatic carbocycles. The Morgan fingerprint density at radius 1 is 0.840 bits per heavy atom. The van der Waals surface area contributed by atoms with Crippen LogP contribution in [-0.4, -0.2) is 50.3 Å². The summed E-state index contributed by atoms with van der Waals surface area (Å²) < 4.78 is 10.6. The Balaban J connectivity index is 1.75. The zero-order valence-electron chi connectivity index (χ0n) is 16.6. The molecular formula is C21H41NO3. The van der Waals surface area contributed by atoms with Gasteiger partial charge in [0.05, 0.1) is 26.2 Å². The molecule has 0 unspecified atom stereocenters. The lowest BCUT2D eigenvalue weighted by molar-refractivity contribution is -0.144. The molecule has 0 aromatic rings. The normalized spacial score (nSPS) is 15.4. The van der Waals surface area contributed by atoms with E-state index in [0.717, 1.165) is 39.3 Å². The van der Waals surface area contributed by atoms with E-state index >= 15 is 0 Å². The molecule has 148 valence electrons. The summed E-state index contributed by atoms with van der Waals surface area (Å²) in [5.41, 5.74) is 0. The van der Waals surface area contributed by atoms with Gasteiger partial charge in [-0.25, -0.2) is 0 Å². The molecule has 0 bridgehead atoms. The lowest BCUT2D eigenvalue weighted by Crippen LogP contribution is -2.37. The standard InChI is InChI=1S/C21H41NO3/c1-2-3-4-5-6-7-8-9-10-11-12-13-18-25-21(23)14-15-22-16-19-24-20-17-22/h2-20H2,1H3. The Bertz CT molecular complexity index is 304. The lowest BCUT2D eigenvalue weighted by Gasteiger charge is -2.25. The van der Waals surface area contributed by atoms with Gasteiger partial charge in [0.2, 0.25) is 0 Å². The average Bonchev–Trinajstić information content (AvgIpc) is 2.64. The Morgan fingerprint density at radius 3 is 1.92 bits per heavy atom. The summed E-state index contributed by atoms with van der Waals surface area (Å²) in [6, 6.07) is 0. The summed E-state index contributed by atoms with van der Waals surface area (Å²) in [4.78, 5) is 14.0. The van der Waals surface area contributed by atoms with Gasteiger partial charge in [0, 0.05) is 19.6 Å². The van der Waals surface area contributed by atoms with Gasteiger partial charge in [-0.05, 0) is 6.42 Å². The van der Waals surface area contributed by atoms with Gasteiger partial charge in [0.25, 0.3) is 0 Å². The molecule has 0 radical (unpaired) electrons. The number of esters is 1. The molecular weight excluding hydrogens is 314 g/mol. The summed E-state index contributed by atoms with van der Waals surface area (Å²) in [6.07, 6.45) is 16.5. The van der Waals surface area contributed by atoms with E-state index in [-0.39, 0.29) is 5.97 Å². The first-order chi connectivity index (χ1) is 12.3. The van der Waals surface area contributed by atoms with E-state index in [1.807, 2.05) is 0 Å². The first-order valence-corrected chi connectivity index (χ1v) is 10.8. The molecule has 1 fully saturated rings. The average molecular weight is 356 g/mol. The van der Waals surface area contributed by atoms with Crippen LogP contribution in [0.3, 0.4) is 0 Å². The second-order valence-corrected chi connectivity index (χ2v) is 7.31. The number of nitrogens with zero attached hydrogens (tertiary/aromatic N) is 1. The Hall–Kier alpha value is -0.610. The highest BCUT2D eigenvalue weighted by Gasteiger charge is 2.12. The number of carbonyl (C=O) groups excluding carboxylic acids is 1. The van der Waals surface area contributed by atoms with E-state index in [9.17, 15) is 4.79 Å². The van der Waals surface area contributed by atoms with Crippen LogP contribution in [-0.2, 0) is 14.3 Å². The smallest absolute Gasteiger partial charge is 0.307 e. The van der Waals surface area contributed by atoms with Gasteiger partial charge in [-0.3, -0.25) is 9.69 Å². The van der Waals surface area contributed by atoms with Crippen molar-refractivity contribution in [3.63, 3.8) is 0 Å². The monoisotopic (exact) mass is 355 g/mol. The van der Waals surface area contributed by atoms with Gasteiger partial charge in [0.15, 0.2) is 0 Å². The van der Waals surface area contributed by atoms with Gasteiger partial charge in [-0.15, -0.1) is 0 Å². The van der Waals surface area contributed by atoms with Gasteiger partial charge in [0.1, 0.15) is 0 Å². The fourth-order valence-corrected chi connectivity index (χ4v) is 3.28. The molecule has 0 N–H and O–H groups in total. The van der Waals surface area contributed by atoms with Crippen molar-refractivity contribution in [2.24, 2.45) is 0 Å². The third kappa shape index (κ3) is 14.3. The minimum absolute atomic E-state index is 0.0467. The molecule has 1 aliphatic rings. The van der Waals surface area contributed by atoms with Crippen molar-refractivity contribution in [1.82, 2.24) is 4.90 Å². The van der Waals surface area contributed by atoms with Gasteiger partial charge in [-0.2, -0.15) is 0 Å². The number of rotatable bonds is 16. The van der Waals surface area contributed by atoms with Crippen LogP contribution in [0.5, 0.6) is 0 Å². The molecule has 0 aromatic heterocycles. The number of hydrogen-bond acceptors (Lipinski definition) is 4. The van der Waals surface area contributed by atoms with Crippen LogP contribution in [0.25, 0.3) is 0 Å². The molecule has 1 aliphatic heterocycles. The van der Waals surface area contributed by atoms with Gasteiger partial charge < -0.3 is 9.47 Å². The van der Waals surface area contributed by atoms with Gasteiger partial charge >= 0.3 is 5.97 Å². The molecule has 0 amide bonds. The first kappa shape index (κ1) is 22.4. The van der Waals surface area contributed by atoms with Crippen LogP contribution in [0.2, 0.25) is 0 Å². The van der Waals surface area contributed by atoms with Crippen molar-refractivity contribution >= 4 is 5.97 Å². The SMILES string of the molecule is CCCCCCCCCCCCCCOC(=O)CCN1CCOCC1. The second kappa shape index (κ2) is 16.8. The zero-order valence-corrected chi connectivity index (χ0v) is 16.6. The molecule has 25 heavy (non-hydrogen) atoms. The zero-order chi connectivity index (χ0) is 18.0. The Labute approximate surface area is 155 Å². The topological polar surface area (TPSA) is 38.8 Å². The molecule has 4 heteroatoms. The van der Waals surface area contributed by atoms with Crippen molar-refractivity contribution in [1.29, 1.82) is 0 Å². The number of morpholine rings is 1. The molecule has 1 saturated heterocycles. The lowest BCUT2D eigenvalue weighted by atomic mass is 10.1. The summed E-state index contributed by atoms with van der Waals surface area (Å²) in [7, 11) is 0. The summed E-state index contributed by atoms with van der Waals surface area (Å²) in [5.74, 6) is -0.0467. The number of ether oxygens (including phenoxy) is 2. The minimum atomic E-state index is -0.0467. The summed E-state index contributed by atoms with van der Waals surface area (Å²) >= 11 is 0. The number of unbranched alkanes of at least 4 members (excludes halogenated alkanes) is 11. The quantitative estimate of drug-likeness (QED) is 0.290. The van der Waals surface area contributed by atoms with Crippen molar-refractivity contribution in [3.8, 4) is 0 Å². The third-order valence-electron chi connectivity index (χ3n) is 5.00. The van der Waals surface area contributed by atoms with Crippen LogP contribution < -0.4 is 0 Å². The predicted octanol–water partition coefficient (Wildman–Crippen LogP) is 4.95. The maximum Gasteiger partial charge on any atom is 0.307 e. The molecule has 1 heterocycles. The van der Waals surface area contributed by atoms with Gasteiger partial charge in [-0.1, -0.05) is 77.6 Å². The fraction of sp³-hybridized carbons (Fsp3) is 0.952. The van der Waals surface area contributed by atoms with E-state index < -0.39 is 0 Å². The third-order valence-corrected chi connectivity index (χ3v) is 5.00. The molecule has 0 spiro atoms. The van der Waals surface area contributed by atoms with Crippen molar-refractivity contribution in [3.05, 3.63) is 0 Å². The van der Waals surface area contributed by atoms with Crippen LogP contribution in [0.4, 0.5) is 0 Å². The molecule has 0 saturated carbocycles. The summed E-state index contributed by atoms with van der Waals surface area (Å²) in [6.45, 7) is 7.12. The van der Waals surface area contributed by atoms with Crippen LogP contribution in [0, 0.1) is 0 Å². The number of hydrogen-bond donors (Lipinski definition) is 0. The van der Waals surface area contributed by atoms with Crippen LogP contribution in [0.1, 0.15) is 90.4 Å². The predicted molar refractivity (Wildman–Crippen MR) is 104 cm³/mol. The minimum Gasteiger partial charge on any atom is -0.466 e. The summed E-state index contributed by atoms with van der Waals surface area (Å²) in [5, 5.41) is 0. The molecule has 0 aromatic carbocycles. The Morgan fingerprint density at radius 2 is 1.36 bits per heavy atom. The highest BCUT2D eigenvalue weighted by molar-refractivity contribution is 5.69. The van der Waals surface area contributed by atoms with Crippen molar-refractivity contribution < 1.29 is 14.3 Å². The largest absolute Gasteiger partial charge is 0.466 e. The van der Waals surface area contributed by atoms with E-state index in [2.05, 4.69) is 11.8 Å². The Kier molecular flexibility index (Phi) is 15.1. The maximum atomic E-state index is 11.7. The van der Waals surface area contributed by atoms with Crippen LogP contribution >= 0.6 is 0 Å². The highest BCUT2D eigenvalue weighted by Crippen LogP contribution is 2.12. The molecule has 4 nitrogen and oxygen atoms in total. The van der Waals surface area contributed by atoms with E-state index in [1.165, 1.54) is 70.6 Å².